The highest BCUT2D eigenvalue weighted by atomic mass is 16.5. The van der Waals surface area contributed by atoms with E-state index in [2.05, 4.69) is 24.1 Å². The minimum Gasteiger partial charge on any atom is -0.475 e. The van der Waals surface area contributed by atoms with Crippen LogP contribution in [0.2, 0.25) is 0 Å². The van der Waals surface area contributed by atoms with Crippen molar-refractivity contribution in [2.45, 2.75) is 98.5 Å². The number of carbonyl (C=O) groups excluding carboxylic acids is 1. The van der Waals surface area contributed by atoms with E-state index in [-0.39, 0.29) is 18.2 Å². The van der Waals surface area contributed by atoms with Gasteiger partial charge < -0.3 is 32.7 Å². The average molecular weight is 624 g/mol. The molecule has 0 bridgehead atoms. The molecule has 5 rings (SSSR count). The second-order valence-corrected chi connectivity index (χ2v) is 11.1. The van der Waals surface area contributed by atoms with Crippen molar-refractivity contribution in [2.75, 3.05) is 33.5 Å². The number of carbonyl (C=O) groups is 1. The summed E-state index contributed by atoms with van der Waals surface area (Å²) in [5, 5.41) is 0.855. The van der Waals surface area contributed by atoms with Gasteiger partial charge in [0.25, 0.3) is 0 Å². The highest BCUT2D eigenvalue weighted by molar-refractivity contribution is 5.95. The molecule has 0 saturated heterocycles. The van der Waals surface area contributed by atoms with Gasteiger partial charge in [0.2, 0.25) is 11.8 Å². The molecular weight excluding hydrogens is 574 g/mol. The Morgan fingerprint density at radius 3 is 2.64 bits per heavy atom. The van der Waals surface area contributed by atoms with Crippen LogP contribution in [-0.2, 0) is 32.1 Å². The topological polar surface area (TPSA) is 107 Å². The van der Waals surface area contributed by atoms with Crippen molar-refractivity contribution >= 4 is 22.4 Å². The van der Waals surface area contributed by atoms with Crippen LogP contribution in [0.5, 0.6) is 5.88 Å². The summed E-state index contributed by atoms with van der Waals surface area (Å²) in [5.74, 6) is 1.58. The lowest BCUT2D eigenvalue weighted by Gasteiger charge is -2.29. The second kappa shape index (κ2) is 17.3. The molecule has 2 aliphatic rings. The molecule has 10 nitrogen and oxygen atoms in total. The zero-order valence-corrected chi connectivity index (χ0v) is 27.7. The van der Waals surface area contributed by atoms with Crippen LogP contribution in [-0.4, -0.2) is 66.2 Å². The summed E-state index contributed by atoms with van der Waals surface area (Å²) in [7, 11) is 1.62. The molecule has 3 aromatic heterocycles. The number of rotatable bonds is 14. The van der Waals surface area contributed by atoms with Gasteiger partial charge in [-0.05, 0) is 65.4 Å². The fourth-order valence-corrected chi connectivity index (χ4v) is 5.66. The summed E-state index contributed by atoms with van der Waals surface area (Å²) in [5.41, 5.74) is 4.54. The van der Waals surface area contributed by atoms with Crippen molar-refractivity contribution in [1.82, 2.24) is 14.5 Å². The number of aromatic nitrogens is 3. The van der Waals surface area contributed by atoms with Crippen molar-refractivity contribution in [1.29, 1.82) is 0 Å². The van der Waals surface area contributed by atoms with E-state index in [4.69, 9.17) is 33.1 Å². The van der Waals surface area contributed by atoms with Gasteiger partial charge in [-0.1, -0.05) is 31.6 Å². The highest BCUT2D eigenvalue weighted by Gasteiger charge is 2.25. The van der Waals surface area contributed by atoms with Crippen LogP contribution in [0.3, 0.4) is 0 Å². The van der Waals surface area contributed by atoms with Gasteiger partial charge in [-0.25, -0.2) is 14.8 Å². The maximum absolute atomic E-state index is 12.8. The Labute approximate surface area is 266 Å². The van der Waals surface area contributed by atoms with Crippen LogP contribution in [0.25, 0.3) is 16.5 Å². The number of hydrogen-bond donors (Lipinski definition) is 0. The summed E-state index contributed by atoms with van der Waals surface area (Å²) in [6, 6.07) is 3.65. The van der Waals surface area contributed by atoms with Crippen molar-refractivity contribution in [2.24, 2.45) is 0 Å². The minimum absolute atomic E-state index is 0.0833. The van der Waals surface area contributed by atoms with E-state index in [1.54, 1.807) is 20.2 Å². The zero-order valence-electron chi connectivity index (χ0n) is 27.7. The molecule has 2 aliphatic carbocycles. The number of fused-ring (bicyclic) bond motifs is 1. The van der Waals surface area contributed by atoms with Crippen molar-refractivity contribution in [3.63, 3.8) is 0 Å². The van der Waals surface area contributed by atoms with Gasteiger partial charge in [0.05, 0.1) is 50.3 Å². The molecule has 3 aromatic rings. The molecule has 45 heavy (non-hydrogen) atoms. The first-order valence-corrected chi connectivity index (χ1v) is 16.3. The number of ether oxygens (including phenoxy) is 5. The summed E-state index contributed by atoms with van der Waals surface area (Å²) in [6.45, 7) is 12.4. The number of pyridine rings is 1. The molecule has 3 heterocycles. The smallest absolute Gasteiger partial charge is 0.354 e. The number of nitrogens with zero attached hydrogens (tertiary/aromatic N) is 3. The largest absolute Gasteiger partial charge is 0.475 e. The van der Waals surface area contributed by atoms with Crippen LogP contribution in [0.4, 0.5) is 0 Å². The van der Waals surface area contributed by atoms with Gasteiger partial charge in [0, 0.05) is 30.7 Å². The molecule has 2 unspecified atom stereocenters. The van der Waals surface area contributed by atoms with Gasteiger partial charge in [-0.3, -0.25) is 0 Å². The average Bonchev–Trinajstić information content (AvgIpc) is 3.61. The molecular formula is C35H49N3O7. The van der Waals surface area contributed by atoms with E-state index in [1.165, 1.54) is 5.57 Å². The summed E-state index contributed by atoms with van der Waals surface area (Å²) in [6.07, 6.45) is 12.2. The predicted octanol–water partition coefficient (Wildman–Crippen LogP) is 7.23. The molecule has 246 valence electrons. The molecule has 0 N–H and O–H groups in total. The van der Waals surface area contributed by atoms with Crippen molar-refractivity contribution < 1.29 is 32.9 Å². The number of allylic oxidation sites excluding steroid dienone is 4. The molecule has 2 atom stereocenters. The summed E-state index contributed by atoms with van der Waals surface area (Å²) < 4.78 is 36.6. The lowest BCUT2D eigenvalue weighted by molar-refractivity contribution is -0.0523. The Morgan fingerprint density at radius 1 is 1.09 bits per heavy atom. The maximum Gasteiger partial charge on any atom is 0.354 e. The Morgan fingerprint density at radius 2 is 1.89 bits per heavy atom. The highest BCUT2D eigenvalue weighted by Crippen LogP contribution is 2.29. The van der Waals surface area contributed by atoms with E-state index >= 15 is 0 Å². The van der Waals surface area contributed by atoms with Gasteiger partial charge in [0.1, 0.15) is 23.8 Å². The van der Waals surface area contributed by atoms with E-state index in [0.29, 0.717) is 57.0 Å². The van der Waals surface area contributed by atoms with Crippen LogP contribution in [0, 0.1) is 6.92 Å². The molecule has 0 amide bonds. The number of esters is 1. The fourth-order valence-electron chi connectivity index (χ4n) is 5.66. The minimum atomic E-state index is -0.371. The first-order chi connectivity index (χ1) is 21.9. The van der Waals surface area contributed by atoms with Crippen LogP contribution < -0.4 is 4.74 Å². The summed E-state index contributed by atoms with van der Waals surface area (Å²) in [4.78, 5) is 21.9. The molecule has 0 radical (unpaired) electrons. The SMILES string of the molecule is CC.CCOC(=O)c1cc2cc(OCCOC)ncc2n1CCOC1CCCC(OCc2nc(C3=CCCC(C)=C3)oc2C)C1. The number of oxazole rings is 1. The van der Waals surface area contributed by atoms with Crippen molar-refractivity contribution in [3.05, 3.63) is 59.1 Å². The monoisotopic (exact) mass is 623 g/mol. The Bertz CT molecular complexity index is 1450. The van der Waals surface area contributed by atoms with Gasteiger partial charge in [-0.15, -0.1) is 0 Å². The Balaban J connectivity index is 0.00000226. The zero-order chi connectivity index (χ0) is 32.2. The van der Waals surface area contributed by atoms with E-state index in [0.717, 1.165) is 66.5 Å². The van der Waals surface area contributed by atoms with E-state index in [1.807, 2.05) is 37.5 Å². The normalized spacial score (nSPS) is 18.2. The van der Waals surface area contributed by atoms with E-state index in [9.17, 15) is 4.79 Å². The Kier molecular flexibility index (Phi) is 13.2. The lowest BCUT2D eigenvalue weighted by atomic mass is 9.95. The standard InChI is InChI=1S/C33H43N3O7.C2H6/c1-5-39-33(37)29-17-25-18-31(41-15-14-38-4)34-20-30(25)36(29)12-13-40-26-10-7-11-27(19-26)42-21-28-23(3)43-32(35-28)24-9-6-8-22(2)16-24;1-2/h9,16-18,20,26-27H,5-8,10-15,19,21H2,1-4H3;1-2H3. The van der Waals surface area contributed by atoms with Crippen molar-refractivity contribution in [3.8, 4) is 5.88 Å². The predicted molar refractivity (Wildman–Crippen MR) is 173 cm³/mol. The quantitative estimate of drug-likeness (QED) is 0.136. The molecule has 1 saturated carbocycles. The molecule has 10 heteroatoms. The lowest BCUT2D eigenvalue weighted by Crippen LogP contribution is -2.29. The van der Waals surface area contributed by atoms with E-state index < -0.39 is 0 Å². The van der Waals surface area contributed by atoms with Crippen LogP contribution >= 0.6 is 0 Å². The fraction of sp³-hybridized carbons (Fsp3) is 0.571. The van der Waals surface area contributed by atoms with Crippen LogP contribution in [0.1, 0.15) is 94.1 Å². The Hall–Kier alpha value is -3.47. The second-order valence-electron chi connectivity index (χ2n) is 11.1. The maximum atomic E-state index is 12.8. The molecule has 0 aromatic carbocycles. The number of hydrogen-bond acceptors (Lipinski definition) is 9. The first-order valence-electron chi connectivity index (χ1n) is 16.3. The van der Waals surface area contributed by atoms with Gasteiger partial charge in [0.15, 0.2) is 0 Å². The third-order valence-electron chi connectivity index (χ3n) is 7.93. The number of methoxy groups -OCH3 is 1. The van der Waals surface area contributed by atoms with Gasteiger partial charge >= 0.3 is 5.97 Å². The van der Waals surface area contributed by atoms with Gasteiger partial charge in [-0.2, -0.15) is 0 Å². The first kappa shape index (κ1) is 34.4. The van der Waals surface area contributed by atoms with Crippen LogP contribution in [0.15, 0.2) is 40.5 Å². The third-order valence-corrected chi connectivity index (χ3v) is 7.93. The number of aryl methyl sites for hydroxylation is 1. The molecule has 0 aliphatic heterocycles. The third kappa shape index (κ3) is 9.28. The summed E-state index contributed by atoms with van der Waals surface area (Å²) >= 11 is 0. The molecule has 0 spiro atoms. The molecule has 1 fully saturated rings.